The Morgan fingerprint density at radius 2 is 1.80 bits per heavy atom. The van der Waals surface area contributed by atoms with Gasteiger partial charge in [-0.25, -0.2) is 0 Å². The number of hydrogen-bond acceptors (Lipinski definition) is 3. The summed E-state index contributed by atoms with van der Waals surface area (Å²) in [6, 6.07) is 8.36. The van der Waals surface area contributed by atoms with Crippen LogP contribution in [0.4, 0.5) is 5.69 Å². The van der Waals surface area contributed by atoms with Crippen molar-refractivity contribution in [3.05, 3.63) is 29.8 Å². The molecule has 0 unspecified atom stereocenters. The van der Waals surface area contributed by atoms with Gasteiger partial charge >= 0.3 is 0 Å². The van der Waals surface area contributed by atoms with Gasteiger partial charge in [0.25, 0.3) is 0 Å². The third kappa shape index (κ3) is 4.32. The number of amides is 1. The van der Waals surface area contributed by atoms with Crippen molar-refractivity contribution in [3.8, 4) is 0 Å². The van der Waals surface area contributed by atoms with Crippen molar-refractivity contribution in [2.75, 3.05) is 19.4 Å². The van der Waals surface area contributed by atoms with Crippen LogP contribution in [0.15, 0.2) is 24.3 Å². The third-order valence-electron chi connectivity index (χ3n) is 3.86. The molecule has 0 aromatic heterocycles. The highest BCUT2D eigenvalue weighted by molar-refractivity contribution is 5.92. The minimum absolute atomic E-state index is 0.122. The van der Waals surface area contributed by atoms with Crippen molar-refractivity contribution in [1.82, 2.24) is 4.90 Å². The molecule has 1 amide bonds. The maximum absolute atomic E-state index is 12.2. The lowest BCUT2D eigenvalue weighted by atomic mass is 9.86. The van der Waals surface area contributed by atoms with E-state index >= 15 is 0 Å². The zero-order valence-electron chi connectivity index (χ0n) is 12.4. The minimum Gasteiger partial charge on any atom is -0.328 e. The second-order valence-electron chi connectivity index (χ2n) is 6.04. The quantitative estimate of drug-likeness (QED) is 0.885. The highest BCUT2D eigenvalue weighted by atomic mass is 16.1. The van der Waals surface area contributed by atoms with Crippen molar-refractivity contribution in [2.24, 2.45) is 11.7 Å². The fraction of sp³-hybridized carbons (Fsp3) is 0.562. The van der Waals surface area contributed by atoms with E-state index in [0.717, 1.165) is 37.9 Å². The molecule has 0 heterocycles. The zero-order chi connectivity index (χ0) is 14.5. The molecule has 0 spiro atoms. The molecular formula is C16H25N3O. The molecule has 4 heteroatoms. The van der Waals surface area contributed by atoms with Gasteiger partial charge in [-0.3, -0.25) is 4.79 Å². The van der Waals surface area contributed by atoms with E-state index in [4.69, 9.17) is 5.73 Å². The Kier molecular flexibility index (Phi) is 5.15. The van der Waals surface area contributed by atoms with Crippen LogP contribution in [0.2, 0.25) is 0 Å². The largest absolute Gasteiger partial charge is 0.328 e. The van der Waals surface area contributed by atoms with Crippen molar-refractivity contribution < 1.29 is 4.79 Å². The monoisotopic (exact) mass is 275 g/mol. The number of nitrogens with one attached hydrogen (secondary N) is 1. The molecule has 1 aromatic carbocycles. The van der Waals surface area contributed by atoms with E-state index in [0.29, 0.717) is 0 Å². The van der Waals surface area contributed by atoms with E-state index in [1.54, 1.807) is 0 Å². The first-order valence-corrected chi connectivity index (χ1v) is 7.34. The lowest BCUT2D eigenvalue weighted by Crippen LogP contribution is -2.32. The van der Waals surface area contributed by atoms with Gasteiger partial charge in [-0.05, 0) is 57.5 Å². The summed E-state index contributed by atoms with van der Waals surface area (Å²) >= 11 is 0. The molecule has 1 aliphatic carbocycles. The van der Waals surface area contributed by atoms with Crippen LogP contribution in [0.5, 0.6) is 0 Å². The van der Waals surface area contributed by atoms with Crippen LogP contribution in [0.3, 0.4) is 0 Å². The van der Waals surface area contributed by atoms with E-state index in [1.807, 2.05) is 26.2 Å². The molecule has 0 saturated heterocycles. The average molecular weight is 275 g/mol. The normalized spacial score (nSPS) is 22.8. The molecule has 3 N–H and O–H groups in total. The second-order valence-corrected chi connectivity index (χ2v) is 6.04. The predicted octanol–water partition coefficient (Wildman–Crippen LogP) is 2.20. The first kappa shape index (κ1) is 15.0. The summed E-state index contributed by atoms with van der Waals surface area (Å²) in [5, 5.41) is 3.01. The predicted molar refractivity (Wildman–Crippen MR) is 82.4 cm³/mol. The smallest absolute Gasteiger partial charge is 0.227 e. The lowest BCUT2D eigenvalue weighted by molar-refractivity contribution is -0.120. The Morgan fingerprint density at radius 1 is 1.20 bits per heavy atom. The summed E-state index contributed by atoms with van der Waals surface area (Å²) < 4.78 is 0. The number of nitrogens with zero attached hydrogens (tertiary/aromatic N) is 1. The van der Waals surface area contributed by atoms with Gasteiger partial charge in [0.1, 0.15) is 0 Å². The van der Waals surface area contributed by atoms with Gasteiger partial charge < -0.3 is 16.0 Å². The minimum atomic E-state index is 0.122. The third-order valence-corrected chi connectivity index (χ3v) is 3.86. The van der Waals surface area contributed by atoms with Crippen LogP contribution in [0, 0.1) is 5.92 Å². The Morgan fingerprint density at radius 3 is 2.35 bits per heavy atom. The van der Waals surface area contributed by atoms with Crippen molar-refractivity contribution in [1.29, 1.82) is 0 Å². The van der Waals surface area contributed by atoms with Crippen molar-refractivity contribution in [3.63, 3.8) is 0 Å². The SMILES string of the molecule is CN(C)Cc1ccc(NC(=O)C2CCC(N)CC2)cc1. The fourth-order valence-electron chi connectivity index (χ4n) is 2.68. The average Bonchev–Trinajstić information content (AvgIpc) is 2.41. The van der Waals surface area contributed by atoms with E-state index in [9.17, 15) is 4.79 Å². The molecule has 4 nitrogen and oxygen atoms in total. The molecule has 0 atom stereocenters. The number of hydrogen-bond donors (Lipinski definition) is 2. The van der Waals surface area contributed by atoms with Crippen LogP contribution in [-0.4, -0.2) is 30.9 Å². The molecule has 1 fully saturated rings. The summed E-state index contributed by atoms with van der Waals surface area (Å²) in [4.78, 5) is 14.3. The number of benzene rings is 1. The molecule has 110 valence electrons. The molecule has 0 bridgehead atoms. The van der Waals surface area contributed by atoms with E-state index in [2.05, 4.69) is 22.3 Å². The van der Waals surface area contributed by atoms with Crippen LogP contribution in [0.25, 0.3) is 0 Å². The lowest BCUT2D eigenvalue weighted by Gasteiger charge is -2.25. The van der Waals surface area contributed by atoms with Gasteiger partial charge in [-0.2, -0.15) is 0 Å². The van der Waals surface area contributed by atoms with Crippen LogP contribution in [0.1, 0.15) is 31.2 Å². The Balaban J connectivity index is 1.88. The molecular weight excluding hydrogens is 250 g/mol. The summed E-state index contributed by atoms with van der Waals surface area (Å²) in [6.45, 7) is 0.911. The van der Waals surface area contributed by atoms with E-state index < -0.39 is 0 Å². The standard InChI is InChI=1S/C16H25N3O/c1-19(2)11-12-3-9-15(10-4-12)18-16(20)13-5-7-14(17)8-6-13/h3-4,9-10,13-14H,5-8,11,17H2,1-2H3,(H,18,20). The van der Waals surface area contributed by atoms with Gasteiger partial charge in [0.2, 0.25) is 5.91 Å². The maximum atomic E-state index is 12.2. The molecule has 2 rings (SSSR count). The van der Waals surface area contributed by atoms with Crippen LogP contribution in [-0.2, 0) is 11.3 Å². The molecule has 1 aliphatic rings. The van der Waals surface area contributed by atoms with Gasteiger partial charge in [-0.1, -0.05) is 12.1 Å². The second kappa shape index (κ2) is 6.86. The van der Waals surface area contributed by atoms with Crippen molar-refractivity contribution >= 4 is 11.6 Å². The first-order chi connectivity index (χ1) is 9.54. The Bertz CT molecular complexity index is 434. The highest BCUT2D eigenvalue weighted by Crippen LogP contribution is 2.24. The number of rotatable bonds is 4. The van der Waals surface area contributed by atoms with Gasteiger partial charge in [-0.15, -0.1) is 0 Å². The number of nitrogens with two attached hydrogens (primary N) is 1. The van der Waals surface area contributed by atoms with Gasteiger partial charge in [0.15, 0.2) is 0 Å². The molecule has 1 saturated carbocycles. The van der Waals surface area contributed by atoms with Gasteiger partial charge in [0.05, 0.1) is 0 Å². The molecule has 0 radical (unpaired) electrons. The summed E-state index contributed by atoms with van der Waals surface area (Å²) in [7, 11) is 4.09. The zero-order valence-corrected chi connectivity index (χ0v) is 12.4. The van der Waals surface area contributed by atoms with Crippen molar-refractivity contribution in [2.45, 2.75) is 38.3 Å². The maximum Gasteiger partial charge on any atom is 0.227 e. The highest BCUT2D eigenvalue weighted by Gasteiger charge is 2.24. The van der Waals surface area contributed by atoms with Crippen LogP contribution < -0.4 is 11.1 Å². The van der Waals surface area contributed by atoms with Gasteiger partial charge in [0, 0.05) is 24.2 Å². The van der Waals surface area contributed by atoms with E-state index in [-0.39, 0.29) is 17.9 Å². The number of carbonyl (C=O) groups is 1. The molecule has 20 heavy (non-hydrogen) atoms. The Hall–Kier alpha value is -1.39. The number of carbonyl (C=O) groups excluding carboxylic acids is 1. The fourth-order valence-corrected chi connectivity index (χ4v) is 2.68. The van der Waals surface area contributed by atoms with E-state index in [1.165, 1.54) is 5.56 Å². The summed E-state index contributed by atoms with van der Waals surface area (Å²) in [5.74, 6) is 0.258. The summed E-state index contributed by atoms with van der Waals surface area (Å²) in [6.07, 6.45) is 3.73. The first-order valence-electron chi connectivity index (χ1n) is 7.34. The molecule has 0 aliphatic heterocycles. The number of anilines is 1. The topological polar surface area (TPSA) is 58.4 Å². The Labute approximate surface area is 121 Å². The molecule has 1 aromatic rings. The summed E-state index contributed by atoms with van der Waals surface area (Å²) in [5.41, 5.74) is 8.00. The van der Waals surface area contributed by atoms with Crippen LogP contribution >= 0.6 is 0 Å².